The highest BCUT2D eigenvalue weighted by Gasteiger charge is 2.08. The van der Waals surface area contributed by atoms with E-state index in [-0.39, 0.29) is 10.6 Å². The quantitative estimate of drug-likeness (QED) is 0.842. The van der Waals surface area contributed by atoms with Crippen LogP contribution in [0.25, 0.3) is 0 Å². The third-order valence-corrected chi connectivity index (χ3v) is 2.08. The van der Waals surface area contributed by atoms with Gasteiger partial charge in [-0.05, 0) is 12.5 Å². The van der Waals surface area contributed by atoms with E-state index in [1.54, 1.807) is 0 Å². The molecule has 0 bridgehead atoms. The summed E-state index contributed by atoms with van der Waals surface area (Å²) in [7, 11) is 0. The molecule has 0 aliphatic carbocycles. The lowest BCUT2D eigenvalue weighted by Gasteiger charge is -2.08. The Balaban J connectivity index is 2.90. The predicted octanol–water partition coefficient (Wildman–Crippen LogP) is 2.76. The van der Waals surface area contributed by atoms with E-state index in [0.717, 1.165) is 6.42 Å². The van der Waals surface area contributed by atoms with Crippen LogP contribution in [0.15, 0.2) is 12.1 Å². The topological polar surface area (TPSA) is 29.5 Å². The Kier molecular flexibility index (Phi) is 4.17. The van der Waals surface area contributed by atoms with Gasteiger partial charge in [0.1, 0.15) is 11.6 Å². The van der Waals surface area contributed by atoms with Crippen molar-refractivity contribution in [3.8, 4) is 5.75 Å². The molecule has 0 heterocycles. The van der Waals surface area contributed by atoms with E-state index in [1.807, 2.05) is 6.92 Å². The van der Waals surface area contributed by atoms with Crippen molar-refractivity contribution >= 4 is 11.6 Å². The first-order chi connectivity index (χ1) is 6.69. The van der Waals surface area contributed by atoms with E-state index in [2.05, 4.69) is 0 Å². The molecular weight excluding hydrogens is 207 g/mol. The molecule has 0 aliphatic rings. The van der Waals surface area contributed by atoms with Crippen LogP contribution >= 0.6 is 11.6 Å². The van der Waals surface area contributed by atoms with Gasteiger partial charge in [0.05, 0.1) is 18.2 Å². The molecule has 0 unspecified atom stereocenters. The van der Waals surface area contributed by atoms with Gasteiger partial charge in [0, 0.05) is 11.6 Å². The number of rotatable bonds is 4. The largest absolute Gasteiger partial charge is 0.493 e. The molecule has 0 radical (unpaired) electrons. The van der Waals surface area contributed by atoms with Crippen molar-refractivity contribution < 1.29 is 14.2 Å². The van der Waals surface area contributed by atoms with E-state index in [0.29, 0.717) is 12.4 Å². The van der Waals surface area contributed by atoms with Gasteiger partial charge in [-0.1, -0.05) is 18.5 Å². The van der Waals surface area contributed by atoms with Crippen molar-refractivity contribution in [1.29, 1.82) is 0 Å². The lowest BCUT2D eigenvalue weighted by atomic mass is 10.2. The van der Waals surface area contributed by atoms with Gasteiger partial charge in [0.2, 0.25) is 0 Å². The van der Waals surface area contributed by atoms with Gasteiger partial charge in [-0.2, -0.15) is 0 Å². The molecule has 0 spiro atoms. The summed E-state index contributed by atoms with van der Waals surface area (Å²) in [5.41, 5.74) is 0.107. The third-order valence-electron chi connectivity index (χ3n) is 1.75. The number of ether oxygens (including phenoxy) is 1. The number of halogens is 2. The lowest BCUT2D eigenvalue weighted by Crippen LogP contribution is -1.98. The monoisotopic (exact) mass is 218 g/mol. The second-order valence-corrected chi connectivity index (χ2v) is 3.28. The predicted molar refractivity (Wildman–Crippen MR) is 53.1 cm³/mol. The van der Waals surface area contributed by atoms with Crippen LogP contribution in [0, 0.1) is 5.82 Å². The fraction of sp³-hybridized carbons (Fsp3) is 0.400. The average molecular weight is 219 g/mol. The van der Waals surface area contributed by atoms with Gasteiger partial charge < -0.3 is 9.84 Å². The van der Waals surface area contributed by atoms with Gasteiger partial charge in [0.25, 0.3) is 0 Å². The summed E-state index contributed by atoms with van der Waals surface area (Å²) < 4.78 is 18.4. The Hall–Kier alpha value is -0.800. The molecule has 1 aromatic rings. The minimum atomic E-state index is -0.536. The Morgan fingerprint density at radius 3 is 2.71 bits per heavy atom. The Bertz CT molecular complexity index is 292. The van der Waals surface area contributed by atoms with E-state index < -0.39 is 12.4 Å². The first-order valence-electron chi connectivity index (χ1n) is 4.40. The maximum absolute atomic E-state index is 13.2. The molecule has 0 fully saturated rings. The first-order valence-corrected chi connectivity index (χ1v) is 4.78. The molecule has 0 aliphatic heterocycles. The van der Waals surface area contributed by atoms with Gasteiger partial charge in [-0.3, -0.25) is 0 Å². The molecule has 1 rings (SSSR count). The van der Waals surface area contributed by atoms with Crippen molar-refractivity contribution in [3.05, 3.63) is 28.5 Å². The van der Waals surface area contributed by atoms with Crippen LogP contribution in [0.5, 0.6) is 5.75 Å². The van der Waals surface area contributed by atoms with Crippen molar-refractivity contribution in [1.82, 2.24) is 0 Å². The second-order valence-electron chi connectivity index (χ2n) is 2.87. The number of hydrogen-bond donors (Lipinski definition) is 1. The van der Waals surface area contributed by atoms with Gasteiger partial charge in [0.15, 0.2) is 0 Å². The van der Waals surface area contributed by atoms with Crippen LogP contribution in [-0.4, -0.2) is 11.7 Å². The molecule has 0 amide bonds. The fourth-order valence-electron chi connectivity index (χ4n) is 1.03. The number of benzene rings is 1. The summed E-state index contributed by atoms with van der Waals surface area (Å²) in [6.07, 6.45) is 0.848. The highest BCUT2D eigenvalue weighted by atomic mass is 35.5. The molecule has 1 aromatic carbocycles. The molecule has 0 saturated heterocycles. The van der Waals surface area contributed by atoms with Crippen LogP contribution < -0.4 is 4.74 Å². The molecular formula is C10H12ClFO2. The lowest BCUT2D eigenvalue weighted by molar-refractivity contribution is 0.274. The van der Waals surface area contributed by atoms with Gasteiger partial charge in [-0.25, -0.2) is 4.39 Å². The minimum Gasteiger partial charge on any atom is -0.493 e. The minimum absolute atomic E-state index is 0.107. The molecule has 0 saturated carbocycles. The number of aliphatic hydroxyl groups excluding tert-OH is 1. The van der Waals surface area contributed by atoms with E-state index >= 15 is 0 Å². The highest BCUT2D eigenvalue weighted by molar-refractivity contribution is 6.31. The number of aliphatic hydroxyl groups is 1. The van der Waals surface area contributed by atoms with Crippen LogP contribution in [-0.2, 0) is 6.61 Å². The number of hydrogen-bond acceptors (Lipinski definition) is 2. The van der Waals surface area contributed by atoms with Crippen LogP contribution in [0.3, 0.4) is 0 Å². The van der Waals surface area contributed by atoms with E-state index in [1.165, 1.54) is 12.1 Å². The zero-order valence-corrected chi connectivity index (χ0v) is 8.64. The van der Waals surface area contributed by atoms with Crippen molar-refractivity contribution in [3.63, 3.8) is 0 Å². The summed E-state index contributed by atoms with van der Waals surface area (Å²) in [5.74, 6) is -0.141. The summed E-state index contributed by atoms with van der Waals surface area (Å²) >= 11 is 5.73. The Morgan fingerprint density at radius 2 is 2.21 bits per heavy atom. The van der Waals surface area contributed by atoms with Crippen LogP contribution in [0.1, 0.15) is 18.9 Å². The third kappa shape index (κ3) is 2.59. The molecule has 2 nitrogen and oxygen atoms in total. The average Bonchev–Trinajstić information content (AvgIpc) is 2.14. The van der Waals surface area contributed by atoms with Crippen molar-refractivity contribution in [2.24, 2.45) is 0 Å². The Morgan fingerprint density at radius 1 is 1.50 bits per heavy atom. The molecule has 14 heavy (non-hydrogen) atoms. The van der Waals surface area contributed by atoms with E-state index in [9.17, 15) is 4.39 Å². The van der Waals surface area contributed by atoms with Crippen LogP contribution in [0.2, 0.25) is 5.02 Å². The highest BCUT2D eigenvalue weighted by Crippen LogP contribution is 2.25. The first kappa shape index (κ1) is 11.3. The summed E-state index contributed by atoms with van der Waals surface area (Å²) in [5, 5.41) is 8.99. The summed E-state index contributed by atoms with van der Waals surface area (Å²) in [6, 6.07) is 2.74. The van der Waals surface area contributed by atoms with Crippen molar-refractivity contribution in [2.45, 2.75) is 20.0 Å². The zero-order chi connectivity index (χ0) is 10.6. The SMILES string of the molecule is CCCOc1cc(F)c(CO)c(Cl)c1. The second kappa shape index (κ2) is 5.17. The summed E-state index contributed by atoms with van der Waals surface area (Å²) in [4.78, 5) is 0. The Labute approximate surface area is 87.3 Å². The van der Waals surface area contributed by atoms with Gasteiger partial charge >= 0.3 is 0 Å². The maximum Gasteiger partial charge on any atom is 0.133 e. The molecule has 1 N–H and O–H groups in total. The smallest absolute Gasteiger partial charge is 0.133 e. The summed E-state index contributed by atoms with van der Waals surface area (Å²) in [6.45, 7) is 2.08. The standard InChI is InChI=1S/C10H12ClFO2/c1-2-3-14-7-4-9(11)8(6-13)10(12)5-7/h4-5,13H,2-3,6H2,1H3. The van der Waals surface area contributed by atoms with Crippen LogP contribution in [0.4, 0.5) is 4.39 Å². The molecule has 0 aromatic heterocycles. The fourth-order valence-corrected chi connectivity index (χ4v) is 1.29. The molecule has 0 atom stereocenters. The normalized spacial score (nSPS) is 10.3. The molecule has 78 valence electrons. The van der Waals surface area contributed by atoms with Gasteiger partial charge in [-0.15, -0.1) is 0 Å². The van der Waals surface area contributed by atoms with Crippen molar-refractivity contribution in [2.75, 3.05) is 6.61 Å². The maximum atomic E-state index is 13.2. The van der Waals surface area contributed by atoms with E-state index in [4.69, 9.17) is 21.4 Å². The molecule has 4 heteroatoms. The zero-order valence-electron chi connectivity index (χ0n) is 7.89.